The fourth-order valence-electron chi connectivity index (χ4n) is 4.14. The molecular formula is C17H23NO2. The smallest absolute Gasteiger partial charge is 0.180 e. The molecule has 0 radical (unpaired) electrons. The third-order valence-electron chi connectivity index (χ3n) is 5.18. The maximum Gasteiger partial charge on any atom is 0.180 e. The molecule has 1 aromatic carbocycles. The maximum atomic E-state index is 6.16. The molecule has 2 bridgehead atoms. The summed E-state index contributed by atoms with van der Waals surface area (Å²) in [6, 6.07) is 10.9. The highest BCUT2D eigenvalue weighted by molar-refractivity contribution is 5.27. The number of hydrogen-bond donors (Lipinski definition) is 0. The zero-order chi connectivity index (χ0) is 13.4. The summed E-state index contributed by atoms with van der Waals surface area (Å²) < 4.78 is 12.2. The number of piperidine rings is 1. The molecule has 3 heterocycles. The normalized spacial score (nSPS) is 38.0. The van der Waals surface area contributed by atoms with Gasteiger partial charge in [-0.05, 0) is 44.3 Å². The summed E-state index contributed by atoms with van der Waals surface area (Å²) in [5.41, 5.74) is 1.31. The van der Waals surface area contributed by atoms with Gasteiger partial charge in [0.2, 0.25) is 0 Å². The van der Waals surface area contributed by atoms with Crippen LogP contribution in [0.2, 0.25) is 0 Å². The Bertz CT molecular complexity index is 457. The molecule has 3 fully saturated rings. The molecule has 0 N–H and O–H groups in total. The maximum absolute atomic E-state index is 6.16. The number of likely N-dealkylation sites (tertiary alicyclic amines) is 1. The lowest BCUT2D eigenvalue weighted by Gasteiger charge is -2.50. The van der Waals surface area contributed by atoms with Crippen LogP contribution in [-0.2, 0) is 15.0 Å². The molecule has 20 heavy (non-hydrogen) atoms. The average molecular weight is 273 g/mol. The average Bonchev–Trinajstić information content (AvgIpc) is 2.93. The van der Waals surface area contributed by atoms with E-state index in [-0.39, 0.29) is 11.8 Å². The van der Waals surface area contributed by atoms with Crippen LogP contribution in [0.15, 0.2) is 30.3 Å². The van der Waals surface area contributed by atoms with Crippen LogP contribution in [0.1, 0.15) is 37.7 Å². The molecule has 3 saturated heterocycles. The number of hydrogen-bond acceptors (Lipinski definition) is 3. The molecule has 0 unspecified atom stereocenters. The van der Waals surface area contributed by atoms with Crippen LogP contribution in [0.3, 0.4) is 0 Å². The lowest BCUT2D eigenvalue weighted by molar-refractivity contribution is -0.192. The zero-order valence-electron chi connectivity index (χ0n) is 12.0. The summed E-state index contributed by atoms with van der Waals surface area (Å²) in [4.78, 5) is 2.64. The van der Waals surface area contributed by atoms with Gasteiger partial charge in [-0.15, -0.1) is 0 Å². The molecular weight excluding hydrogens is 250 g/mol. The van der Waals surface area contributed by atoms with Gasteiger partial charge in [-0.25, -0.2) is 0 Å². The Kier molecular flexibility index (Phi) is 3.29. The minimum absolute atomic E-state index is 0.0608. The van der Waals surface area contributed by atoms with E-state index in [0.717, 1.165) is 19.4 Å². The van der Waals surface area contributed by atoms with Crippen LogP contribution >= 0.6 is 0 Å². The Balaban J connectivity index is 1.75. The van der Waals surface area contributed by atoms with E-state index in [1.54, 1.807) is 0 Å². The second-order valence-corrected chi connectivity index (χ2v) is 6.30. The summed E-state index contributed by atoms with van der Waals surface area (Å²) in [6.07, 6.45) is 6.46. The Morgan fingerprint density at radius 2 is 1.85 bits per heavy atom. The van der Waals surface area contributed by atoms with Gasteiger partial charge in [-0.3, -0.25) is 4.90 Å². The van der Waals surface area contributed by atoms with Crippen LogP contribution in [0.4, 0.5) is 0 Å². The Hall–Kier alpha value is -0.900. The fourth-order valence-corrected chi connectivity index (χ4v) is 4.14. The summed E-state index contributed by atoms with van der Waals surface area (Å²) in [5, 5.41) is 0. The van der Waals surface area contributed by atoms with Crippen LogP contribution in [0.25, 0.3) is 0 Å². The minimum Gasteiger partial charge on any atom is -0.348 e. The molecule has 108 valence electrons. The van der Waals surface area contributed by atoms with Crippen molar-refractivity contribution in [2.45, 2.75) is 50.0 Å². The molecule has 4 rings (SSSR count). The monoisotopic (exact) mass is 273 g/mol. The third kappa shape index (κ3) is 1.92. The van der Waals surface area contributed by atoms with E-state index < -0.39 is 0 Å². The Morgan fingerprint density at radius 3 is 2.65 bits per heavy atom. The first-order valence-electron chi connectivity index (χ1n) is 7.97. The van der Waals surface area contributed by atoms with Gasteiger partial charge in [0.25, 0.3) is 0 Å². The van der Waals surface area contributed by atoms with Gasteiger partial charge in [0.05, 0.1) is 18.2 Å². The van der Waals surface area contributed by atoms with Crippen LogP contribution in [0, 0.1) is 0 Å². The summed E-state index contributed by atoms with van der Waals surface area (Å²) >= 11 is 0. The van der Waals surface area contributed by atoms with E-state index >= 15 is 0 Å². The number of benzene rings is 1. The second-order valence-electron chi connectivity index (χ2n) is 6.30. The van der Waals surface area contributed by atoms with Crippen molar-refractivity contribution < 1.29 is 9.47 Å². The zero-order valence-corrected chi connectivity index (χ0v) is 12.0. The molecule has 3 nitrogen and oxygen atoms in total. The standard InChI is InChI=1S/C17H23NO2/c1-3-7-14(8-4-1)17(18-11-5-2-6-12-18)10-9-15-13-19-16(17)20-15/h1,3-4,7-8,15-16H,2,5-6,9-13H2/t15-,16+,17+/m0/s1. The Morgan fingerprint density at radius 1 is 1.05 bits per heavy atom. The second kappa shape index (κ2) is 5.14. The summed E-state index contributed by atoms with van der Waals surface area (Å²) in [6.45, 7) is 3.11. The molecule has 0 aliphatic carbocycles. The minimum atomic E-state index is -0.0817. The van der Waals surface area contributed by atoms with Crippen LogP contribution in [-0.4, -0.2) is 37.0 Å². The summed E-state index contributed by atoms with van der Waals surface area (Å²) in [7, 11) is 0. The van der Waals surface area contributed by atoms with Gasteiger partial charge in [-0.2, -0.15) is 0 Å². The van der Waals surface area contributed by atoms with Crippen molar-refractivity contribution in [3.63, 3.8) is 0 Å². The third-order valence-corrected chi connectivity index (χ3v) is 5.18. The van der Waals surface area contributed by atoms with E-state index in [9.17, 15) is 0 Å². The van der Waals surface area contributed by atoms with Gasteiger partial charge in [0.15, 0.2) is 6.29 Å². The van der Waals surface area contributed by atoms with Gasteiger partial charge in [0, 0.05) is 0 Å². The molecule has 0 amide bonds. The first-order valence-corrected chi connectivity index (χ1v) is 7.97. The topological polar surface area (TPSA) is 21.7 Å². The number of rotatable bonds is 2. The molecule has 3 atom stereocenters. The highest BCUT2D eigenvalue weighted by atomic mass is 16.7. The number of nitrogens with zero attached hydrogens (tertiary/aromatic N) is 1. The van der Waals surface area contributed by atoms with E-state index in [1.165, 1.54) is 37.9 Å². The van der Waals surface area contributed by atoms with Crippen LogP contribution < -0.4 is 0 Å². The van der Waals surface area contributed by atoms with Crippen molar-refractivity contribution in [2.24, 2.45) is 0 Å². The first kappa shape index (κ1) is 12.8. The highest BCUT2D eigenvalue weighted by Gasteiger charge is 2.53. The molecule has 3 aliphatic rings. The molecule has 0 aromatic heterocycles. The Labute approximate surface area is 120 Å². The first-order chi connectivity index (χ1) is 9.89. The van der Waals surface area contributed by atoms with E-state index in [2.05, 4.69) is 35.2 Å². The fraction of sp³-hybridized carbons (Fsp3) is 0.647. The van der Waals surface area contributed by atoms with Crippen molar-refractivity contribution in [3.8, 4) is 0 Å². The highest BCUT2D eigenvalue weighted by Crippen LogP contribution is 2.47. The van der Waals surface area contributed by atoms with E-state index in [0.29, 0.717) is 6.10 Å². The lowest BCUT2D eigenvalue weighted by atomic mass is 9.80. The molecule has 1 aromatic rings. The van der Waals surface area contributed by atoms with E-state index in [1.807, 2.05) is 0 Å². The SMILES string of the molecule is c1ccc([C@]2(N3CCCCC3)CC[C@H]3CO[C@@H]2O3)cc1. The summed E-state index contributed by atoms with van der Waals surface area (Å²) in [5.74, 6) is 0. The lowest BCUT2D eigenvalue weighted by Crippen LogP contribution is -2.58. The number of ether oxygens (including phenoxy) is 2. The predicted octanol–water partition coefficient (Wildman–Crippen LogP) is 2.90. The van der Waals surface area contributed by atoms with Gasteiger partial charge >= 0.3 is 0 Å². The molecule has 3 aliphatic heterocycles. The molecule has 0 saturated carbocycles. The van der Waals surface area contributed by atoms with Crippen molar-refractivity contribution in [1.29, 1.82) is 0 Å². The van der Waals surface area contributed by atoms with E-state index in [4.69, 9.17) is 9.47 Å². The van der Waals surface area contributed by atoms with Crippen molar-refractivity contribution in [3.05, 3.63) is 35.9 Å². The molecule has 3 heteroatoms. The largest absolute Gasteiger partial charge is 0.348 e. The van der Waals surface area contributed by atoms with Crippen molar-refractivity contribution in [2.75, 3.05) is 19.7 Å². The van der Waals surface area contributed by atoms with Gasteiger partial charge in [-0.1, -0.05) is 36.8 Å². The van der Waals surface area contributed by atoms with Crippen LogP contribution in [0.5, 0.6) is 0 Å². The van der Waals surface area contributed by atoms with Crippen molar-refractivity contribution >= 4 is 0 Å². The van der Waals surface area contributed by atoms with Crippen molar-refractivity contribution in [1.82, 2.24) is 4.90 Å². The number of fused-ring (bicyclic) bond motifs is 2. The van der Waals surface area contributed by atoms with Gasteiger partial charge in [0.1, 0.15) is 0 Å². The predicted molar refractivity (Wildman–Crippen MR) is 77.4 cm³/mol. The van der Waals surface area contributed by atoms with Gasteiger partial charge < -0.3 is 9.47 Å². The quantitative estimate of drug-likeness (QED) is 0.827. The molecule has 0 spiro atoms.